The van der Waals surface area contributed by atoms with Crippen LogP contribution in [0.5, 0.6) is 5.75 Å². The van der Waals surface area contributed by atoms with Crippen LogP contribution in [0.15, 0.2) is 42.5 Å². The number of hydrogen-bond acceptors (Lipinski definition) is 1. The van der Waals surface area contributed by atoms with E-state index in [0.29, 0.717) is 0 Å². The van der Waals surface area contributed by atoms with Crippen LogP contribution >= 0.6 is 0 Å². The fourth-order valence-corrected chi connectivity index (χ4v) is 1.55. The maximum Gasteiger partial charge on any atom is 0.120 e. The molecule has 0 radical (unpaired) electrons. The number of hydrogen-bond donors (Lipinski definition) is 0. The number of benzene rings is 1. The lowest BCUT2D eigenvalue weighted by Crippen LogP contribution is -2.15. The standard InChI is InChI=1S/C12H14O/c1-3-7-11(8-4-1)13-12-9-5-2-6-10-12/h1,3-5,7-9,12H,2,6,10H2/t12-/m0/s1. The topological polar surface area (TPSA) is 9.23 Å². The fraction of sp³-hybridized carbons (Fsp3) is 0.333. The van der Waals surface area contributed by atoms with Gasteiger partial charge in [0.2, 0.25) is 0 Å². The highest BCUT2D eigenvalue weighted by Crippen LogP contribution is 2.17. The van der Waals surface area contributed by atoms with E-state index in [9.17, 15) is 0 Å². The van der Waals surface area contributed by atoms with E-state index in [4.69, 9.17) is 4.74 Å². The first kappa shape index (κ1) is 8.36. The van der Waals surface area contributed by atoms with Crippen molar-refractivity contribution in [3.05, 3.63) is 42.5 Å². The summed E-state index contributed by atoms with van der Waals surface area (Å²) in [5.41, 5.74) is 0. The summed E-state index contributed by atoms with van der Waals surface area (Å²) in [6.45, 7) is 0. The molecule has 0 saturated heterocycles. The maximum absolute atomic E-state index is 5.77. The molecule has 0 N–H and O–H groups in total. The Labute approximate surface area is 79.0 Å². The van der Waals surface area contributed by atoms with Crippen LogP contribution in [0, 0.1) is 0 Å². The van der Waals surface area contributed by atoms with Crippen molar-refractivity contribution in [1.82, 2.24) is 0 Å². The van der Waals surface area contributed by atoms with Crippen LogP contribution in [0.3, 0.4) is 0 Å². The molecular formula is C12H14O. The summed E-state index contributed by atoms with van der Waals surface area (Å²) in [6, 6.07) is 10.0. The van der Waals surface area contributed by atoms with Crippen molar-refractivity contribution < 1.29 is 4.74 Å². The van der Waals surface area contributed by atoms with Gasteiger partial charge in [0.15, 0.2) is 0 Å². The molecule has 1 aliphatic rings. The number of para-hydroxylation sites is 1. The van der Waals surface area contributed by atoms with E-state index < -0.39 is 0 Å². The van der Waals surface area contributed by atoms with E-state index >= 15 is 0 Å². The zero-order valence-electron chi connectivity index (χ0n) is 7.65. The van der Waals surface area contributed by atoms with E-state index in [2.05, 4.69) is 12.2 Å². The van der Waals surface area contributed by atoms with E-state index in [1.165, 1.54) is 12.8 Å². The Morgan fingerprint density at radius 3 is 2.69 bits per heavy atom. The minimum absolute atomic E-state index is 0.288. The summed E-state index contributed by atoms with van der Waals surface area (Å²) in [6.07, 6.45) is 8.25. The highest BCUT2D eigenvalue weighted by atomic mass is 16.5. The molecule has 1 heteroatoms. The lowest BCUT2D eigenvalue weighted by molar-refractivity contribution is 0.230. The third-order valence-electron chi connectivity index (χ3n) is 2.24. The van der Waals surface area contributed by atoms with Crippen LogP contribution in [0.25, 0.3) is 0 Å². The zero-order valence-corrected chi connectivity index (χ0v) is 7.65. The van der Waals surface area contributed by atoms with E-state index in [0.717, 1.165) is 12.2 Å². The normalized spacial score (nSPS) is 21.4. The fourth-order valence-electron chi connectivity index (χ4n) is 1.55. The highest BCUT2D eigenvalue weighted by Gasteiger charge is 2.08. The second kappa shape index (κ2) is 4.13. The van der Waals surface area contributed by atoms with Crippen molar-refractivity contribution in [2.24, 2.45) is 0 Å². The van der Waals surface area contributed by atoms with Crippen molar-refractivity contribution >= 4 is 0 Å². The van der Waals surface area contributed by atoms with Gasteiger partial charge in [-0.2, -0.15) is 0 Å². The molecule has 0 saturated carbocycles. The predicted octanol–water partition coefficient (Wildman–Crippen LogP) is 3.17. The minimum atomic E-state index is 0.288. The van der Waals surface area contributed by atoms with Crippen molar-refractivity contribution in [2.45, 2.75) is 25.4 Å². The SMILES string of the molecule is C1=C[C@H](Oc2ccccc2)CCC1. The zero-order chi connectivity index (χ0) is 8.93. The Hall–Kier alpha value is -1.24. The molecule has 0 amide bonds. The molecule has 0 bridgehead atoms. The van der Waals surface area contributed by atoms with Gasteiger partial charge in [-0.1, -0.05) is 24.3 Å². The Balaban J connectivity index is 1.98. The van der Waals surface area contributed by atoms with Gasteiger partial charge in [0, 0.05) is 0 Å². The average molecular weight is 174 g/mol. The largest absolute Gasteiger partial charge is 0.486 e. The Kier molecular flexibility index (Phi) is 2.65. The van der Waals surface area contributed by atoms with Crippen LogP contribution in [0.4, 0.5) is 0 Å². The van der Waals surface area contributed by atoms with Gasteiger partial charge in [-0.15, -0.1) is 0 Å². The summed E-state index contributed by atoms with van der Waals surface area (Å²) in [5.74, 6) is 0.971. The summed E-state index contributed by atoms with van der Waals surface area (Å²) in [5, 5.41) is 0. The van der Waals surface area contributed by atoms with Crippen LogP contribution < -0.4 is 4.74 Å². The molecule has 1 aromatic carbocycles. The van der Waals surface area contributed by atoms with Gasteiger partial charge in [-0.05, 0) is 37.5 Å². The number of rotatable bonds is 2. The molecule has 1 aromatic rings. The minimum Gasteiger partial charge on any atom is -0.486 e. The van der Waals surface area contributed by atoms with Crippen LogP contribution in [-0.2, 0) is 0 Å². The number of allylic oxidation sites excluding steroid dienone is 1. The molecule has 0 spiro atoms. The van der Waals surface area contributed by atoms with E-state index in [1.54, 1.807) is 0 Å². The van der Waals surface area contributed by atoms with Gasteiger partial charge >= 0.3 is 0 Å². The van der Waals surface area contributed by atoms with Gasteiger partial charge in [-0.3, -0.25) is 0 Å². The molecule has 0 aliphatic heterocycles. The van der Waals surface area contributed by atoms with Crippen molar-refractivity contribution in [3.8, 4) is 5.75 Å². The van der Waals surface area contributed by atoms with Crippen LogP contribution in [0.2, 0.25) is 0 Å². The van der Waals surface area contributed by atoms with Crippen LogP contribution in [-0.4, -0.2) is 6.10 Å². The molecule has 0 unspecified atom stereocenters. The molecule has 0 heterocycles. The second-order valence-corrected chi connectivity index (χ2v) is 3.33. The first-order valence-electron chi connectivity index (χ1n) is 4.83. The van der Waals surface area contributed by atoms with Gasteiger partial charge in [0.25, 0.3) is 0 Å². The summed E-state index contributed by atoms with van der Waals surface area (Å²) in [4.78, 5) is 0. The lowest BCUT2D eigenvalue weighted by Gasteiger charge is -2.18. The van der Waals surface area contributed by atoms with Crippen molar-refractivity contribution in [3.63, 3.8) is 0 Å². The first-order valence-corrected chi connectivity index (χ1v) is 4.83. The maximum atomic E-state index is 5.77. The number of ether oxygens (including phenoxy) is 1. The summed E-state index contributed by atoms with van der Waals surface area (Å²) in [7, 11) is 0. The summed E-state index contributed by atoms with van der Waals surface area (Å²) < 4.78 is 5.77. The molecule has 0 aromatic heterocycles. The molecular weight excluding hydrogens is 160 g/mol. The Morgan fingerprint density at radius 1 is 1.15 bits per heavy atom. The van der Waals surface area contributed by atoms with Gasteiger partial charge in [0.05, 0.1) is 0 Å². The van der Waals surface area contributed by atoms with E-state index in [1.807, 2.05) is 30.3 Å². The van der Waals surface area contributed by atoms with Gasteiger partial charge in [0.1, 0.15) is 11.9 Å². The van der Waals surface area contributed by atoms with Crippen LogP contribution in [0.1, 0.15) is 19.3 Å². The molecule has 1 aliphatic carbocycles. The van der Waals surface area contributed by atoms with Gasteiger partial charge < -0.3 is 4.74 Å². The monoisotopic (exact) mass is 174 g/mol. The Morgan fingerprint density at radius 2 is 2.00 bits per heavy atom. The molecule has 0 fully saturated rings. The molecule has 1 atom stereocenters. The summed E-state index contributed by atoms with van der Waals surface area (Å²) >= 11 is 0. The van der Waals surface area contributed by atoms with Gasteiger partial charge in [-0.25, -0.2) is 0 Å². The van der Waals surface area contributed by atoms with E-state index in [-0.39, 0.29) is 6.10 Å². The average Bonchev–Trinajstić information content (AvgIpc) is 2.21. The molecule has 1 nitrogen and oxygen atoms in total. The predicted molar refractivity (Wildman–Crippen MR) is 53.8 cm³/mol. The first-order chi connectivity index (χ1) is 6.45. The quantitative estimate of drug-likeness (QED) is 0.626. The van der Waals surface area contributed by atoms with Crippen molar-refractivity contribution in [1.29, 1.82) is 0 Å². The van der Waals surface area contributed by atoms with Crippen molar-refractivity contribution in [2.75, 3.05) is 0 Å². The molecule has 13 heavy (non-hydrogen) atoms. The lowest BCUT2D eigenvalue weighted by atomic mass is 10.1. The smallest absolute Gasteiger partial charge is 0.120 e. The molecule has 2 rings (SSSR count). The Bertz CT molecular complexity index is 276. The second-order valence-electron chi connectivity index (χ2n) is 3.33. The molecule has 68 valence electrons. The third-order valence-corrected chi connectivity index (χ3v) is 2.24. The highest BCUT2D eigenvalue weighted by molar-refractivity contribution is 5.22. The third kappa shape index (κ3) is 2.35.